The van der Waals surface area contributed by atoms with Crippen LogP contribution in [-0.2, 0) is 15.8 Å². The highest BCUT2D eigenvalue weighted by Gasteiger charge is 2.47. The Morgan fingerprint density at radius 3 is 2.46 bits per heavy atom. The summed E-state index contributed by atoms with van der Waals surface area (Å²) in [7, 11) is 1.43. The molecule has 1 fully saturated rings. The van der Waals surface area contributed by atoms with Crippen LogP contribution in [0.3, 0.4) is 0 Å². The number of hydrogen-bond acceptors (Lipinski definition) is 3. The first-order valence-corrected chi connectivity index (χ1v) is 8.63. The minimum absolute atomic E-state index is 0.133. The zero-order valence-corrected chi connectivity index (χ0v) is 15.3. The predicted octanol–water partition coefficient (Wildman–Crippen LogP) is 4.41. The topological polar surface area (TPSA) is 67.4 Å². The van der Waals surface area contributed by atoms with E-state index in [2.05, 4.69) is 10.6 Å². The van der Waals surface area contributed by atoms with Gasteiger partial charge in [-0.25, -0.2) is 0 Å². The highest BCUT2D eigenvalue weighted by Crippen LogP contribution is 2.51. The maximum atomic E-state index is 13.2. The zero-order chi connectivity index (χ0) is 20.5. The summed E-state index contributed by atoms with van der Waals surface area (Å²) in [5.74, 6) is -1.32. The average molecular weight is 392 g/mol. The van der Waals surface area contributed by atoms with Gasteiger partial charge in [-0.3, -0.25) is 9.59 Å². The first kappa shape index (κ1) is 19.7. The molecule has 0 saturated heterocycles. The molecule has 0 aromatic heterocycles. The Bertz CT molecular complexity index is 912. The summed E-state index contributed by atoms with van der Waals surface area (Å²) < 4.78 is 44.8. The molecule has 2 atom stereocenters. The van der Waals surface area contributed by atoms with Crippen LogP contribution in [0.25, 0.3) is 0 Å². The molecule has 5 nitrogen and oxygen atoms in total. The molecule has 0 heterocycles. The van der Waals surface area contributed by atoms with Gasteiger partial charge in [0.05, 0.1) is 18.4 Å². The van der Waals surface area contributed by atoms with Gasteiger partial charge in [-0.1, -0.05) is 18.2 Å². The zero-order valence-electron chi connectivity index (χ0n) is 15.3. The SMILES string of the molecule is COc1ccc(NC(C)=O)cc1NC(=O)C1CC1c1ccccc1C(F)(F)F. The second-order valence-corrected chi connectivity index (χ2v) is 6.62. The van der Waals surface area contributed by atoms with Crippen LogP contribution in [0.15, 0.2) is 42.5 Å². The number of anilines is 2. The summed E-state index contributed by atoms with van der Waals surface area (Å²) in [6.45, 7) is 1.36. The third kappa shape index (κ3) is 4.27. The van der Waals surface area contributed by atoms with Crippen LogP contribution < -0.4 is 15.4 Å². The van der Waals surface area contributed by atoms with Crippen LogP contribution >= 0.6 is 0 Å². The molecular formula is C20H19F3N2O3. The number of halogens is 3. The number of rotatable bonds is 5. The molecule has 28 heavy (non-hydrogen) atoms. The lowest BCUT2D eigenvalue weighted by Gasteiger charge is -2.14. The molecule has 2 aromatic rings. The molecule has 3 rings (SSSR count). The molecule has 1 aliphatic carbocycles. The van der Waals surface area contributed by atoms with Gasteiger partial charge in [0.25, 0.3) is 0 Å². The number of carbonyl (C=O) groups excluding carboxylic acids is 2. The normalized spacial score (nSPS) is 18.3. The summed E-state index contributed by atoms with van der Waals surface area (Å²) in [6, 6.07) is 10.1. The Kier molecular flexibility index (Phi) is 5.31. The van der Waals surface area contributed by atoms with Gasteiger partial charge in [-0.05, 0) is 42.2 Å². The number of methoxy groups -OCH3 is 1. The summed E-state index contributed by atoms with van der Waals surface area (Å²) in [5.41, 5.74) is 0.238. The van der Waals surface area contributed by atoms with Crippen LogP contribution in [0.1, 0.15) is 30.4 Å². The summed E-state index contributed by atoms with van der Waals surface area (Å²) in [6.07, 6.45) is -4.12. The number of hydrogen-bond donors (Lipinski definition) is 2. The number of ether oxygens (including phenoxy) is 1. The van der Waals surface area contributed by atoms with Gasteiger partial charge in [-0.15, -0.1) is 0 Å². The Balaban J connectivity index is 1.77. The van der Waals surface area contributed by atoms with E-state index in [1.165, 1.54) is 32.2 Å². The van der Waals surface area contributed by atoms with Gasteiger partial charge in [0.2, 0.25) is 11.8 Å². The third-order valence-electron chi connectivity index (χ3n) is 4.57. The van der Waals surface area contributed by atoms with E-state index >= 15 is 0 Å². The second-order valence-electron chi connectivity index (χ2n) is 6.62. The maximum Gasteiger partial charge on any atom is 0.416 e. The standard InChI is InChI=1S/C20H19F3N2O3/c1-11(26)24-12-7-8-18(28-2)17(9-12)25-19(27)15-10-14(15)13-5-3-4-6-16(13)20(21,22)23/h3-9,14-15H,10H2,1-2H3,(H,24,26)(H,25,27). The minimum atomic E-state index is -4.46. The van der Waals surface area contributed by atoms with Gasteiger partial charge >= 0.3 is 6.18 Å². The lowest BCUT2D eigenvalue weighted by Crippen LogP contribution is -2.16. The van der Waals surface area contributed by atoms with E-state index in [1.807, 2.05) is 0 Å². The fourth-order valence-electron chi connectivity index (χ4n) is 3.22. The smallest absolute Gasteiger partial charge is 0.416 e. The highest BCUT2D eigenvalue weighted by atomic mass is 19.4. The van der Waals surface area contributed by atoms with Crippen molar-refractivity contribution >= 4 is 23.2 Å². The minimum Gasteiger partial charge on any atom is -0.495 e. The van der Waals surface area contributed by atoms with Crippen molar-refractivity contribution in [2.75, 3.05) is 17.7 Å². The monoisotopic (exact) mass is 392 g/mol. The van der Waals surface area contributed by atoms with Crippen LogP contribution in [0.4, 0.5) is 24.5 Å². The van der Waals surface area contributed by atoms with Crippen molar-refractivity contribution in [1.82, 2.24) is 0 Å². The quantitative estimate of drug-likeness (QED) is 0.792. The summed E-state index contributed by atoms with van der Waals surface area (Å²) in [5, 5.41) is 5.30. The van der Waals surface area contributed by atoms with Crippen molar-refractivity contribution in [3.05, 3.63) is 53.6 Å². The van der Waals surface area contributed by atoms with Crippen molar-refractivity contribution in [2.24, 2.45) is 5.92 Å². The lowest BCUT2D eigenvalue weighted by molar-refractivity contribution is -0.138. The molecule has 2 amide bonds. The van der Waals surface area contributed by atoms with Gasteiger partial charge in [0, 0.05) is 18.5 Å². The number of nitrogens with one attached hydrogen (secondary N) is 2. The number of carbonyl (C=O) groups is 2. The number of benzene rings is 2. The molecule has 0 bridgehead atoms. The lowest BCUT2D eigenvalue weighted by atomic mass is 10.0. The molecule has 0 spiro atoms. The molecule has 0 radical (unpaired) electrons. The van der Waals surface area contributed by atoms with Crippen LogP contribution in [0.5, 0.6) is 5.75 Å². The Morgan fingerprint density at radius 1 is 1.11 bits per heavy atom. The Morgan fingerprint density at radius 2 is 1.82 bits per heavy atom. The van der Waals surface area contributed by atoms with Gasteiger partial charge in [-0.2, -0.15) is 13.2 Å². The third-order valence-corrected chi connectivity index (χ3v) is 4.57. The molecule has 2 aromatic carbocycles. The Labute approximate surface area is 159 Å². The van der Waals surface area contributed by atoms with Crippen molar-refractivity contribution in [3.8, 4) is 5.75 Å². The molecular weight excluding hydrogens is 373 g/mol. The Hall–Kier alpha value is -3.03. The summed E-state index contributed by atoms with van der Waals surface area (Å²) in [4.78, 5) is 23.8. The van der Waals surface area contributed by atoms with Gasteiger partial charge < -0.3 is 15.4 Å². The molecule has 8 heteroatoms. The van der Waals surface area contributed by atoms with Crippen molar-refractivity contribution in [3.63, 3.8) is 0 Å². The average Bonchev–Trinajstić information content (AvgIpc) is 3.41. The molecule has 2 N–H and O–H groups in total. The van der Waals surface area contributed by atoms with E-state index in [0.29, 0.717) is 23.5 Å². The van der Waals surface area contributed by atoms with Crippen LogP contribution in [0, 0.1) is 5.92 Å². The molecule has 0 aliphatic heterocycles. The fourth-order valence-corrected chi connectivity index (χ4v) is 3.22. The molecule has 2 unspecified atom stereocenters. The van der Waals surface area contributed by atoms with Gasteiger partial charge in [0.1, 0.15) is 5.75 Å². The summed E-state index contributed by atoms with van der Waals surface area (Å²) >= 11 is 0. The largest absolute Gasteiger partial charge is 0.495 e. The van der Waals surface area contributed by atoms with Crippen molar-refractivity contribution in [2.45, 2.75) is 25.4 Å². The molecule has 1 saturated carbocycles. The first-order valence-electron chi connectivity index (χ1n) is 8.63. The van der Waals surface area contributed by atoms with E-state index in [0.717, 1.165) is 6.07 Å². The second kappa shape index (κ2) is 7.53. The highest BCUT2D eigenvalue weighted by molar-refractivity contribution is 5.98. The number of alkyl halides is 3. The predicted molar refractivity (Wildman–Crippen MR) is 98.2 cm³/mol. The van der Waals surface area contributed by atoms with Crippen LogP contribution in [0.2, 0.25) is 0 Å². The van der Waals surface area contributed by atoms with Crippen LogP contribution in [-0.4, -0.2) is 18.9 Å². The van der Waals surface area contributed by atoms with Crippen molar-refractivity contribution < 1.29 is 27.5 Å². The van der Waals surface area contributed by atoms with E-state index in [-0.39, 0.29) is 17.4 Å². The van der Waals surface area contributed by atoms with E-state index < -0.39 is 23.6 Å². The molecule has 1 aliphatic rings. The molecule has 148 valence electrons. The first-order chi connectivity index (χ1) is 13.2. The fraction of sp³-hybridized carbons (Fsp3) is 0.300. The van der Waals surface area contributed by atoms with Crippen molar-refractivity contribution in [1.29, 1.82) is 0 Å². The number of amides is 2. The van der Waals surface area contributed by atoms with E-state index in [1.54, 1.807) is 18.2 Å². The van der Waals surface area contributed by atoms with E-state index in [9.17, 15) is 22.8 Å². The van der Waals surface area contributed by atoms with Gasteiger partial charge in [0.15, 0.2) is 0 Å². The maximum absolute atomic E-state index is 13.2. The van der Waals surface area contributed by atoms with E-state index in [4.69, 9.17) is 4.74 Å².